The second-order valence-electron chi connectivity index (χ2n) is 6.22. The van der Waals surface area contributed by atoms with Gasteiger partial charge in [-0.1, -0.05) is 6.07 Å². The van der Waals surface area contributed by atoms with Crippen LogP contribution in [0.4, 0.5) is 0 Å². The van der Waals surface area contributed by atoms with E-state index in [2.05, 4.69) is 50.0 Å². The third kappa shape index (κ3) is 2.49. The first-order chi connectivity index (χ1) is 12.1. The number of likely N-dealkylation sites (N-methyl/N-ethyl adjacent to an activating group) is 1. The lowest BCUT2D eigenvalue weighted by atomic mass is 9.97. The summed E-state index contributed by atoms with van der Waals surface area (Å²) in [5.41, 5.74) is 4.42. The van der Waals surface area contributed by atoms with Crippen LogP contribution in [0, 0.1) is 13.8 Å². The zero-order chi connectivity index (χ0) is 17.6. The maximum absolute atomic E-state index is 5.51. The molecule has 0 aliphatic carbocycles. The highest BCUT2D eigenvalue weighted by Gasteiger charge is 2.39. The van der Waals surface area contributed by atoms with Crippen LogP contribution in [-0.4, -0.2) is 41.6 Å². The molecular formula is C17H19N7S. The number of aryl methyl sites for hydroxylation is 1. The van der Waals surface area contributed by atoms with Crippen molar-refractivity contribution in [2.45, 2.75) is 25.9 Å². The van der Waals surface area contributed by atoms with Crippen molar-refractivity contribution >= 4 is 17.3 Å². The Balaban J connectivity index is 1.82. The lowest BCUT2D eigenvalue weighted by Crippen LogP contribution is -2.25. The lowest BCUT2D eigenvalue weighted by molar-refractivity contribution is 0.366. The zero-order valence-corrected chi connectivity index (χ0v) is 15.1. The van der Waals surface area contributed by atoms with E-state index in [1.54, 1.807) is 12.7 Å². The molecule has 1 saturated heterocycles. The molecule has 1 N–H and O–H groups in total. The van der Waals surface area contributed by atoms with Gasteiger partial charge in [-0.2, -0.15) is 0 Å². The van der Waals surface area contributed by atoms with Gasteiger partial charge in [0.15, 0.2) is 5.11 Å². The van der Waals surface area contributed by atoms with E-state index in [4.69, 9.17) is 12.2 Å². The molecule has 0 saturated carbocycles. The molecule has 0 radical (unpaired) electrons. The SMILES string of the molecule is Cc1cc([C@H]2[C@@H](c3ccccn3)NC(=S)N2C)c(C)n1-n1cnnc1. The van der Waals surface area contributed by atoms with Crippen molar-refractivity contribution in [3.8, 4) is 0 Å². The molecular weight excluding hydrogens is 334 g/mol. The number of aromatic nitrogens is 5. The number of thiocarbonyl (C=S) groups is 1. The van der Waals surface area contributed by atoms with E-state index in [0.29, 0.717) is 0 Å². The molecule has 1 aliphatic rings. The van der Waals surface area contributed by atoms with E-state index in [-0.39, 0.29) is 12.1 Å². The smallest absolute Gasteiger partial charge is 0.169 e. The second kappa shape index (κ2) is 5.96. The highest BCUT2D eigenvalue weighted by Crippen LogP contribution is 2.39. The van der Waals surface area contributed by atoms with E-state index in [1.165, 1.54) is 5.56 Å². The molecule has 3 aromatic heterocycles. The van der Waals surface area contributed by atoms with Crippen LogP contribution in [0.3, 0.4) is 0 Å². The van der Waals surface area contributed by atoms with Crippen LogP contribution in [-0.2, 0) is 0 Å². The van der Waals surface area contributed by atoms with E-state index in [9.17, 15) is 0 Å². The fourth-order valence-electron chi connectivity index (χ4n) is 3.58. The first kappa shape index (κ1) is 15.8. The Labute approximate surface area is 151 Å². The summed E-state index contributed by atoms with van der Waals surface area (Å²) in [5.74, 6) is 0. The summed E-state index contributed by atoms with van der Waals surface area (Å²) in [4.78, 5) is 6.64. The molecule has 8 heteroatoms. The predicted octanol–water partition coefficient (Wildman–Crippen LogP) is 2.01. The molecule has 128 valence electrons. The quantitative estimate of drug-likeness (QED) is 0.727. The van der Waals surface area contributed by atoms with Crippen molar-refractivity contribution in [2.75, 3.05) is 7.05 Å². The van der Waals surface area contributed by atoms with E-state index in [1.807, 2.05) is 36.1 Å². The van der Waals surface area contributed by atoms with Crippen LogP contribution >= 0.6 is 12.2 Å². The van der Waals surface area contributed by atoms with Crippen LogP contribution in [0.5, 0.6) is 0 Å². The summed E-state index contributed by atoms with van der Waals surface area (Å²) < 4.78 is 3.98. The minimum atomic E-state index is 0.00793. The van der Waals surface area contributed by atoms with Crippen molar-refractivity contribution < 1.29 is 0 Å². The Morgan fingerprint density at radius 2 is 1.92 bits per heavy atom. The van der Waals surface area contributed by atoms with Crippen molar-refractivity contribution in [1.82, 2.24) is 34.8 Å². The minimum Gasteiger partial charge on any atom is -0.352 e. The van der Waals surface area contributed by atoms with Crippen molar-refractivity contribution in [2.24, 2.45) is 0 Å². The number of pyridine rings is 1. The Kier molecular flexibility index (Phi) is 3.76. The number of hydrogen-bond acceptors (Lipinski definition) is 4. The van der Waals surface area contributed by atoms with Gasteiger partial charge in [-0.3, -0.25) is 9.66 Å². The van der Waals surface area contributed by atoms with Crippen LogP contribution < -0.4 is 5.32 Å². The first-order valence-electron chi connectivity index (χ1n) is 8.06. The van der Waals surface area contributed by atoms with Crippen LogP contribution in [0.15, 0.2) is 43.1 Å². The summed E-state index contributed by atoms with van der Waals surface area (Å²) in [6.45, 7) is 4.18. The molecule has 4 rings (SSSR count). The van der Waals surface area contributed by atoms with E-state index in [0.717, 1.165) is 22.2 Å². The molecule has 0 amide bonds. The van der Waals surface area contributed by atoms with Gasteiger partial charge in [-0.05, 0) is 44.3 Å². The number of hydrogen-bond donors (Lipinski definition) is 1. The third-order valence-electron chi connectivity index (χ3n) is 4.73. The second-order valence-corrected chi connectivity index (χ2v) is 6.60. The van der Waals surface area contributed by atoms with Gasteiger partial charge in [0.25, 0.3) is 0 Å². The fraction of sp³-hybridized carbons (Fsp3) is 0.294. The van der Waals surface area contributed by atoms with Gasteiger partial charge in [0, 0.05) is 30.2 Å². The van der Waals surface area contributed by atoms with Crippen molar-refractivity contribution in [3.63, 3.8) is 0 Å². The highest BCUT2D eigenvalue weighted by molar-refractivity contribution is 7.80. The van der Waals surface area contributed by atoms with Gasteiger partial charge >= 0.3 is 0 Å². The minimum absolute atomic E-state index is 0.00793. The fourth-order valence-corrected chi connectivity index (χ4v) is 3.82. The van der Waals surface area contributed by atoms with Crippen molar-refractivity contribution in [1.29, 1.82) is 0 Å². The molecule has 0 bridgehead atoms. The molecule has 2 atom stereocenters. The van der Waals surface area contributed by atoms with Crippen LogP contribution in [0.25, 0.3) is 0 Å². The van der Waals surface area contributed by atoms with Gasteiger partial charge < -0.3 is 10.2 Å². The highest BCUT2D eigenvalue weighted by atomic mass is 32.1. The molecule has 1 fully saturated rings. The van der Waals surface area contributed by atoms with Gasteiger partial charge in [0.2, 0.25) is 0 Å². The van der Waals surface area contributed by atoms with E-state index < -0.39 is 0 Å². The van der Waals surface area contributed by atoms with Crippen LogP contribution in [0.2, 0.25) is 0 Å². The molecule has 3 aromatic rings. The van der Waals surface area contributed by atoms with Gasteiger partial charge in [-0.15, -0.1) is 10.2 Å². The maximum Gasteiger partial charge on any atom is 0.169 e. The molecule has 0 aromatic carbocycles. The summed E-state index contributed by atoms with van der Waals surface area (Å²) >= 11 is 5.51. The topological polar surface area (TPSA) is 63.8 Å². The Morgan fingerprint density at radius 3 is 2.60 bits per heavy atom. The zero-order valence-electron chi connectivity index (χ0n) is 14.3. The van der Waals surface area contributed by atoms with Gasteiger partial charge in [0.1, 0.15) is 12.7 Å². The Hall–Kier alpha value is -2.74. The molecule has 4 heterocycles. The lowest BCUT2D eigenvalue weighted by Gasteiger charge is -2.24. The van der Waals surface area contributed by atoms with Crippen LogP contribution in [0.1, 0.15) is 34.7 Å². The molecule has 7 nitrogen and oxygen atoms in total. The summed E-state index contributed by atoms with van der Waals surface area (Å²) in [6, 6.07) is 8.23. The first-order valence-corrected chi connectivity index (χ1v) is 8.47. The number of nitrogens with one attached hydrogen (secondary N) is 1. The van der Waals surface area contributed by atoms with Crippen molar-refractivity contribution in [3.05, 3.63) is 65.8 Å². The summed E-state index contributed by atoms with van der Waals surface area (Å²) in [6.07, 6.45) is 5.21. The largest absolute Gasteiger partial charge is 0.352 e. The summed E-state index contributed by atoms with van der Waals surface area (Å²) in [5, 5.41) is 12.0. The number of rotatable bonds is 3. The average Bonchev–Trinajstić information content (AvgIpc) is 3.29. The van der Waals surface area contributed by atoms with Gasteiger partial charge in [-0.25, -0.2) is 4.68 Å². The Morgan fingerprint density at radius 1 is 1.16 bits per heavy atom. The third-order valence-corrected chi connectivity index (χ3v) is 5.13. The summed E-state index contributed by atoms with van der Waals surface area (Å²) in [7, 11) is 2.02. The number of nitrogens with zero attached hydrogens (tertiary/aromatic N) is 6. The molecule has 25 heavy (non-hydrogen) atoms. The normalized spacial score (nSPS) is 20.1. The maximum atomic E-state index is 5.51. The molecule has 0 spiro atoms. The predicted molar refractivity (Wildman–Crippen MR) is 97.9 cm³/mol. The average molecular weight is 353 g/mol. The standard InChI is InChI=1S/C17H19N7S/c1-11-8-13(12(2)24(11)23-9-19-20-10-23)16-15(21-17(25)22(16)3)14-6-4-5-7-18-14/h4-10,15-16H,1-3H3,(H,21,25)/t15-,16+/m1/s1. The van der Waals surface area contributed by atoms with Gasteiger partial charge in [0.05, 0.1) is 17.8 Å². The molecule has 1 aliphatic heterocycles. The van der Waals surface area contributed by atoms with E-state index >= 15 is 0 Å². The Bertz CT molecular complexity index is 901. The monoisotopic (exact) mass is 353 g/mol. The molecule has 0 unspecified atom stereocenters.